The van der Waals surface area contributed by atoms with Crippen LogP contribution in [0.2, 0.25) is 0 Å². The van der Waals surface area contributed by atoms with Crippen LogP contribution in [0, 0.1) is 0 Å². The Morgan fingerprint density at radius 1 is 0.951 bits per heavy atom. The number of aromatic nitrogens is 1. The first-order valence-corrected chi connectivity index (χ1v) is 12.6. The predicted octanol–water partition coefficient (Wildman–Crippen LogP) is 5.01. The van der Waals surface area contributed by atoms with Gasteiger partial charge in [0.2, 0.25) is 5.88 Å². The molecule has 4 rings (SSSR count). The van der Waals surface area contributed by atoms with Gasteiger partial charge < -0.3 is 24.6 Å². The summed E-state index contributed by atoms with van der Waals surface area (Å²) < 4.78 is 16.9. The maximum atomic E-state index is 13.3. The number of nitrogens with one attached hydrogen (secondary N) is 1. The van der Waals surface area contributed by atoms with Crippen LogP contribution < -0.4 is 14.8 Å². The van der Waals surface area contributed by atoms with Gasteiger partial charge >= 0.3 is 11.9 Å². The van der Waals surface area contributed by atoms with Crippen LogP contribution in [0.25, 0.3) is 17.0 Å². The number of fused-ring (bicyclic) bond motifs is 1. The van der Waals surface area contributed by atoms with Crippen molar-refractivity contribution in [2.45, 2.75) is 13.5 Å². The number of azo groups is 1. The van der Waals surface area contributed by atoms with Gasteiger partial charge in [-0.2, -0.15) is 0 Å². The third-order valence-electron chi connectivity index (χ3n) is 5.98. The van der Waals surface area contributed by atoms with Gasteiger partial charge in [0.15, 0.2) is 17.2 Å². The third kappa shape index (κ3) is 6.59. The van der Waals surface area contributed by atoms with E-state index in [1.165, 1.54) is 24.9 Å². The summed E-state index contributed by atoms with van der Waals surface area (Å²) in [4.78, 5) is 38.4. The van der Waals surface area contributed by atoms with E-state index in [1.54, 1.807) is 79.7 Å². The average molecular weight is 557 g/mol. The number of nitrogens with zero attached hydrogens (tertiary/aromatic N) is 3. The van der Waals surface area contributed by atoms with Crippen LogP contribution >= 0.6 is 0 Å². The molecule has 0 unspecified atom stereocenters. The van der Waals surface area contributed by atoms with E-state index in [-0.39, 0.29) is 30.4 Å². The summed E-state index contributed by atoms with van der Waals surface area (Å²) in [6, 6.07) is 20.2. The maximum absolute atomic E-state index is 13.3. The van der Waals surface area contributed by atoms with Gasteiger partial charge in [0.25, 0.3) is 5.91 Å². The lowest BCUT2D eigenvalue weighted by atomic mass is 10.1. The first-order valence-electron chi connectivity index (χ1n) is 12.6. The van der Waals surface area contributed by atoms with E-state index in [2.05, 4.69) is 15.5 Å². The van der Waals surface area contributed by atoms with Crippen LogP contribution in [0.1, 0.15) is 22.8 Å². The summed E-state index contributed by atoms with van der Waals surface area (Å²) in [5, 5.41) is 21.8. The first kappa shape index (κ1) is 28.6. The molecule has 0 aliphatic heterocycles. The number of para-hydroxylation sites is 1. The summed E-state index contributed by atoms with van der Waals surface area (Å²) >= 11 is 0. The molecule has 0 fully saturated rings. The number of hydrogen-bond donors (Lipinski definition) is 2. The lowest BCUT2D eigenvalue weighted by Gasteiger charge is -2.10. The lowest BCUT2D eigenvalue weighted by Crippen LogP contribution is -2.26. The quantitative estimate of drug-likeness (QED) is 0.159. The van der Waals surface area contributed by atoms with Gasteiger partial charge in [-0.3, -0.25) is 19.0 Å². The van der Waals surface area contributed by atoms with Gasteiger partial charge in [0.1, 0.15) is 12.2 Å². The fraction of sp³-hybridized carbons (Fsp3) is 0.167. The zero-order chi connectivity index (χ0) is 29.4. The van der Waals surface area contributed by atoms with E-state index in [9.17, 15) is 19.5 Å². The second kappa shape index (κ2) is 13.1. The minimum Gasteiger partial charge on any atom is -0.493 e. The molecule has 0 radical (unpaired) electrons. The Kier molecular flexibility index (Phi) is 9.10. The van der Waals surface area contributed by atoms with Crippen molar-refractivity contribution in [1.29, 1.82) is 0 Å². The van der Waals surface area contributed by atoms with E-state index in [1.807, 2.05) is 0 Å². The van der Waals surface area contributed by atoms with Crippen molar-refractivity contribution < 1.29 is 33.7 Å². The summed E-state index contributed by atoms with van der Waals surface area (Å²) in [5.41, 5.74) is 1.15. The Morgan fingerprint density at radius 2 is 1.66 bits per heavy atom. The van der Waals surface area contributed by atoms with Crippen molar-refractivity contribution >= 4 is 40.4 Å². The highest BCUT2D eigenvalue weighted by molar-refractivity contribution is 6.06. The van der Waals surface area contributed by atoms with Crippen molar-refractivity contribution in [3.63, 3.8) is 0 Å². The summed E-state index contributed by atoms with van der Waals surface area (Å²) in [7, 11) is 2.98. The van der Waals surface area contributed by atoms with Gasteiger partial charge in [-0.25, -0.2) is 0 Å². The van der Waals surface area contributed by atoms with Crippen molar-refractivity contribution in [2.24, 2.45) is 10.2 Å². The normalized spacial score (nSPS) is 11.4. The minimum atomic E-state index is -0.884. The molecule has 0 spiro atoms. The fourth-order valence-corrected chi connectivity index (χ4v) is 4.06. The largest absolute Gasteiger partial charge is 0.493 e. The molecule has 3 aromatic carbocycles. The molecule has 0 aliphatic rings. The number of aromatic hydroxyl groups is 1. The van der Waals surface area contributed by atoms with E-state index in [0.717, 1.165) is 0 Å². The molecule has 11 nitrogen and oxygen atoms in total. The van der Waals surface area contributed by atoms with Crippen LogP contribution in [0.4, 0.5) is 5.69 Å². The monoisotopic (exact) mass is 556 g/mol. The Hall–Kier alpha value is -5.45. The highest BCUT2D eigenvalue weighted by atomic mass is 16.5. The van der Waals surface area contributed by atoms with Gasteiger partial charge in [-0.1, -0.05) is 42.5 Å². The summed E-state index contributed by atoms with van der Waals surface area (Å²) in [5.74, 6) is -1.43. The number of benzene rings is 3. The number of esters is 1. The molecule has 0 bridgehead atoms. The van der Waals surface area contributed by atoms with Gasteiger partial charge in [0, 0.05) is 10.9 Å². The van der Waals surface area contributed by atoms with Gasteiger partial charge in [-0.15, -0.1) is 10.2 Å². The number of hydrogen-bond acceptors (Lipinski definition) is 8. The Balaban J connectivity index is 1.72. The number of carbonyl (C=O) groups excluding carboxylic acids is 3. The maximum Gasteiger partial charge on any atom is 0.326 e. The summed E-state index contributed by atoms with van der Waals surface area (Å²) in [6.07, 6.45) is 1.42. The number of carbonyl (C=O) groups is 3. The molecule has 0 saturated heterocycles. The Bertz CT molecular complexity index is 1640. The zero-order valence-electron chi connectivity index (χ0n) is 22.7. The van der Waals surface area contributed by atoms with E-state index in [0.29, 0.717) is 33.5 Å². The second-order valence-corrected chi connectivity index (χ2v) is 8.58. The van der Waals surface area contributed by atoms with E-state index in [4.69, 9.17) is 14.2 Å². The first-order chi connectivity index (χ1) is 19.9. The highest BCUT2D eigenvalue weighted by Crippen LogP contribution is 2.39. The van der Waals surface area contributed by atoms with Crippen molar-refractivity contribution in [3.05, 3.63) is 89.6 Å². The molecular formula is C30H28N4O7. The van der Waals surface area contributed by atoms with Crippen molar-refractivity contribution in [1.82, 2.24) is 9.88 Å². The SMILES string of the molecule is CCOC(=O)Cn1c(O)c(N=NC(=O)/C(=C\c2ccc(OC)c(OC)c2)NC(=O)c2ccccc2)c2ccccc21. The molecule has 11 heteroatoms. The Labute approximate surface area is 235 Å². The topological polar surface area (TPSA) is 141 Å². The van der Waals surface area contributed by atoms with Crippen molar-refractivity contribution in [2.75, 3.05) is 20.8 Å². The molecule has 4 aromatic rings. The number of rotatable bonds is 10. The summed E-state index contributed by atoms with van der Waals surface area (Å²) in [6.45, 7) is 1.60. The molecule has 0 aliphatic carbocycles. The number of methoxy groups -OCH3 is 2. The molecule has 0 atom stereocenters. The highest BCUT2D eigenvalue weighted by Gasteiger charge is 2.20. The predicted molar refractivity (Wildman–Crippen MR) is 151 cm³/mol. The molecule has 41 heavy (non-hydrogen) atoms. The van der Waals surface area contributed by atoms with Gasteiger partial charge in [-0.05, 0) is 48.9 Å². The van der Waals surface area contributed by atoms with E-state index >= 15 is 0 Å². The molecule has 2 N–H and O–H groups in total. The standard InChI is InChI=1S/C30H28N4O7/c1-4-41-26(35)18-34-23-13-9-8-12-21(23)27(30(34)38)32-33-29(37)22(31-28(36)20-10-6-5-7-11-20)16-19-14-15-24(39-2)25(17-19)40-3/h5-17,38H,4,18H2,1-3H3,(H,31,36)/b22-16+,33-32?. The third-order valence-corrected chi connectivity index (χ3v) is 5.98. The van der Waals surface area contributed by atoms with E-state index < -0.39 is 17.8 Å². The minimum absolute atomic E-state index is 0.0156. The smallest absolute Gasteiger partial charge is 0.326 e. The molecular weight excluding hydrogens is 528 g/mol. The number of ether oxygens (including phenoxy) is 3. The van der Waals surface area contributed by atoms with Crippen molar-refractivity contribution in [3.8, 4) is 17.4 Å². The average Bonchev–Trinajstić information content (AvgIpc) is 3.25. The number of amides is 2. The fourth-order valence-electron chi connectivity index (χ4n) is 4.06. The molecule has 1 heterocycles. The van der Waals surface area contributed by atoms with Crippen LogP contribution in [0.3, 0.4) is 0 Å². The molecule has 210 valence electrons. The molecule has 2 amide bonds. The molecule has 0 saturated carbocycles. The molecule has 1 aromatic heterocycles. The second-order valence-electron chi connectivity index (χ2n) is 8.58. The lowest BCUT2D eigenvalue weighted by molar-refractivity contribution is -0.143. The zero-order valence-corrected chi connectivity index (χ0v) is 22.7. The van der Waals surface area contributed by atoms with Gasteiger partial charge in [0.05, 0.1) is 26.3 Å². The van der Waals surface area contributed by atoms with Crippen LogP contribution in [0.15, 0.2) is 88.7 Å². The van der Waals surface area contributed by atoms with Crippen LogP contribution in [0.5, 0.6) is 17.4 Å². The van der Waals surface area contributed by atoms with Crippen LogP contribution in [-0.2, 0) is 20.9 Å². The Morgan fingerprint density at radius 3 is 2.37 bits per heavy atom. The van der Waals surface area contributed by atoms with Crippen LogP contribution in [-0.4, -0.2) is 48.3 Å².